The molecule has 9 nitrogen and oxygen atoms in total. The maximum absolute atomic E-state index is 17.1. The monoisotopic (exact) mass is 619 g/mol. The number of aryl methyl sites for hydroxylation is 2. The quantitative estimate of drug-likeness (QED) is 0.139. The number of amides is 1. The first-order valence-corrected chi connectivity index (χ1v) is 15.2. The van der Waals surface area contributed by atoms with E-state index in [-0.39, 0.29) is 81.1 Å². The van der Waals surface area contributed by atoms with Crippen LogP contribution in [0.15, 0.2) is 41.9 Å². The summed E-state index contributed by atoms with van der Waals surface area (Å²) in [5.74, 6) is -1.82. The van der Waals surface area contributed by atoms with E-state index in [0.29, 0.717) is 22.6 Å². The molecule has 0 aliphatic carbocycles. The Morgan fingerprint density at radius 1 is 1.18 bits per heavy atom. The van der Waals surface area contributed by atoms with E-state index in [1.165, 1.54) is 12.3 Å². The lowest BCUT2D eigenvalue weighted by Crippen LogP contribution is -2.60. The molecule has 0 spiro atoms. The molecule has 230 valence electrons. The van der Waals surface area contributed by atoms with Gasteiger partial charge in [-0.1, -0.05) is 12.6 Å². The Bertz CT molecular complexity index is 1710. The number of amidine groups is 1. The number of hydrogen-bond acceptors (Lipinski definition) is 8. The number of nitrogens with one attached hydrogen (secondary N) is 3. The van der Waals surface area contributed by atoms with Crippen LogP contribution in [-0.4, -0.2) is 68.8 Å². The van der Waals surface area contributed by atoms with Gasteiger partial charge < -0.3 is 31.4 Å². The number of piperazine rings is 1. The van der Waals surface area contributed by atoms with Crippen LogP contribution in [-0.2, 0) is 4.79 Å². The number of benzene rings is 2. The minimum absolute atomic E-state index is 0.0321. The number of carbonyl (C=O) groups excluding carboxylic acids is 1. The molecular weight excluding hydrogens is 584 g/mol. The zero-order valence-electron chi connectivity index (χ0n) is 25.0. The number of carbonyl (C=O) groups is 1. The highest BCUT2D eigenvalue weighted by Gasteiger charge is 2.41. The summed E-state index contributed by atoms with van der Waals surface area (Å²) in [6.45, 7) is 11.1. The van der Waals surface area contributed by atoms with E-state index in [0.717, 1.165) is 18.0 Å². The molecule has 2 aromatic carbocycles. The molecule has 3 aromatic rings. The molecule has 2 aliphatic rings. The number of fused-ring (bicyclic) bond motifs is 2. The first-order valence-electron chi connectivity index (χ1n) is 14.2. The number of aliphatic hydroxyl groups excluding tert-OH is 1. The molecule has 2 aliphatic heterocycles. The molecule has 3 unspecified atom stereocenters. The highest BCUT2D eigenvalue weighted by atomic mass is 32.2. The number of thioether (sulfide) groups is 1. The third-order valence-electron chi connectivity index (χ3n) is 8.29. The summed E-state index contributed by atoms with van der Waals surface area (Å²) in [5.41, 5.74) is 7.97. The number of halogens is 2. The Kier molecular flexibility index (Phi) is 8.50. The van der Waals surface area contributed by atoms with Gasteiger partial charge in [-0.3, -0.25) is 15.2 Å². The summed E-state index contributed by atoms with van der Waals surface area (Å²) in [4.78, 5) is 20.4. The third-order valence-corrected chi connectivity index (χ3v) is 9.52. The molecule has 1 fully saturated rings. The number of pyridine rings is 1. The van der Waals surface area contributed by atoms with Crippen LogP contribution >= 0.6 is 11.8 Å². The van der Waals surface area contributed by atoms with Gasteiger partial charge in [-0.15, -0.1) is 11.8 Å². The van der Waals surface area contributed by atoms with Crippen LogP contribution in [0.1, 0.15) is 47.9 Å². The largest absolute Gasteiger partial charge is 0.398 e. The molecule has 0 bridgehead atoms. The predicted octanol–water partition coefficient (Wildman–Crippen LogP) is 5.54. The average molecular weight is 620 g/mol. The Hall–Kier alpha value is -4.29. The Balaban J connectivity index is 1.80. The SMILES string of the molecule is C=CC(=O)N1CC2CSc3c(F)c(-c4c(C)ccc(N)c4C=N)c(F)c(Nc4c(C)ccnc4C(C)O)c3C(=N)N2CC1C. The van der Waals surface area contributed by atoms with Gasteiger partial charge in [0.1, 0.15) is 11.7 Å². The van der Waals surface area contributed by atoms with Crippen LogP contribution in [0.4, 0.5) is 25.8 Å². The van der Waals surface area contributed by atoms with Crippen LogP contribution in [0.2, 0.25) is 0 Å². The fourth-order valence-corrected chi connectivity index (χ4v) is 7.20. The number of nitrogens with zero attached hydrogens (tertiary/aromatic N) is 3. The van der Waals surface area contributed by atoms with Gasteiger partial charge in [0.2, 0.25) is 5.91 Å². The van der Waals surface area contributed by atoms with Crippen LogP contribution in [0.25, 0.3) is 11.1 Å². The Morgan fingerprint density at radius 2 is 1.91 bits per heavy atom. The maximum atomic E-state index is 17.1. The highest BCUT2D eigenvalue weighted by Crippen LogP contribution is 2.47. The summed E-state index contributed by atoms with van der Waals surface area (Å²) >= 11 is 1.15. The van der Waals surface area contributed by atoms with E-state index >= 15 is 8.78 Å². The van der Waals surface area contributed by atoms with Crippen molar-refractivity contribution in [2.24, 2.45) is 0 Å². The van der Waals surface area contributed by atoms with Gasteiger partial charge in [0.25, 0.3) is 0 Å². The first kappa shape index (κ1) is 31.1. The maximum Gasteiger partial charge on any atom is 0.246 e. The van der Waals surface area contributed by atoms with Crippen LogP contribution in [0.3, 0.4) is 0 Å². The standard InChI is InChI=1S/C32H35F2N7O2S/c1-6-22(43)40-13-19-14-44-31-25(32(37)41(19)12-17(40)4)30(39-28-16(3)9-10-38-29(28)18(5)42)26(33)24(27(31)34)23-15(2)7-8-21(36)20(23)11-35/h6-11,17-19,35,37,39,42H,1,12-14,36H2,2-5H3. The van der Waals surface area contributed by atoms with E-state index in [4.69, 9.17) is 11.1 Å². The number of aliphatic hydroxyl groups is 1. The van der Waals surface area contributed by atoms with Crippen molar-refractivity contribution in [3.63, 3.8) is 0 Å². The Morgan fingerprint density at radius 3 is 2.57 bits per heavy atom. The van der Waals surface area contributed by atoms with Crippen molar-refractivity contribution in [1.29, 1.82) is 10.8 Å². The fourth-order valence-electron chi connectivity index (χ4n) is 5.98. The second-order valence-electron chi connectivity index (χ2n) is 11.2. The summed E-state index contributed by atoms with van der Waals surface area (Å²) in [6.07, 6.45) is 2.77. The van der Waals surface area contributed by atoms with Crippen LogP contribution in [0.5, 0.6) is 0 Å². The number of anilines is 3. The van der Waals surface area contributed by atoms with Crippen molar-refractivity contribution >= 4 is 46.8 Å². The van der Waals surface area contributed by atoms with Crippen molar-refractivity contribution in [1.82, 2.24) is 14.8 Å². The van der Waals surface area contributed by atoms with Crippen LogP contribution < -0.4 is 11.1 Å². The topological polar surface area (TPSA) is 142 Å². The van der Waals surface area contributed by atoms with E-state index in [9.17, 15) is 15.3 Å². The predicted molar refractivity (Wildman–Crippen MR) is 171 cm³/mol. The molecule has 44 heavy (non-hydrogen) atoms. The summed E-state index contributed by atoms with van der Waals surface area (Å²) in [6, 6.07) is 4.32. The minimum Gasteiger partial charge on any atom is -0.398 e. The molecule has 5 rings (SSSR count). The van der Waals surface area contributed by atoms with Crippen molar-refractivity contribution < 1.29 is 18.7 Å². The van der Waals surface area contributed by atoms with Crippen molar-refractivity contribution in [3.8, 4) is 11.1 Å². The lowest BCUT2D eigenvalue weighted by atomic mass is 9.91. The van der Waals surface area contributed by atoms with Gasteiger partial charge in [-0.05, 0) is 57.0 Å². The van der Waals surface area contributed by atoms with E-state index < -0.39 is 17.7 Å². The fraction of sp³-hybridized carbons (Fsp3) is 0.312. The number of rotatable bonds is 6. The van der Waals surface area contributed by atoms with Crippen molar-refractivity contribution in [3.05, 3.63) is 76.6 Å². The first-order chi connectivity index (χ1) is 20.9. The van der Waals surface area contributed by atoms with Gasteiger partial charge in [0.05, 0.1) is 45.2 Å². The average Bonchev–Trinajstić information content (AvgIpc) is 3.13. The number of nitrogen functional groups attached to an aromatic ring is 1. The molecule has 1 saturated heterocycles. The number of nitrogens with two attached hydrogens (primary N) is 1. The van der Waals surface area contributed by atoms with Gasteiger partial charge >= 0.3 is 0 Å². The van der Waals surface area contributed by atoms with Crippen molar-refractivity contribution in [2.45, 2.75) is 50.8 Å². The third kappa shape index (κ3) is 5.11. The molecule has 3 heterocycles. The van der Waals surface area contributed by atoms with E-state index in [1.54, 1.807) is 48.8 Å². The van der Waals surface area contributed by atoms with E-state index in [2.05, 4.69) is 16.9 Å². The Labute approximate surface area is 259 Å². The van der Waals surface area contributed by atoms with Crippen molar-refractivity contribution in [2.75, 3.05) is 29.9 Å². The molecule has 3 atom stereocenters. The minimum atomic E-state index is -1.01. The lowest BCUT2D eigenvalue weighted by Gasteiger charge is -2.45. The van der Waals surface area contributed by atoms with Gasteiger partial charge in [0.15, 0.2) is 5.82 Å². The molecule has 1 amide bonds. The molecule has 12 heteroatoms. The van der Waals surface area contributed by atoms with Gasteiger partial charge in [-0.25, -0.2) is 8.78 Å². The summed E-state index contributed by atoms with van der Waals surface area (Å²) < 4.78 is 34.0. The highest BCUT2D eigenvalue weighted by molar-refractivity contribution is 7.99. The summed E-state index contributed by atoms with van der Waals surface area (Å²) in [5, 5.41) is 31.0. The zero-order valence-corrected chi connectivity index (χ0v) is 25.8. The van der Waals surface area contributed by atoms with Gasteiger partial charge in [-0.2, -0.15) is 0 Å². The smallest absolute Gasteiger partial charge is 0.246 e. The number of aromatic nitrogens is 1. The molecular formula is C32H35F2N7O2S. The molecule has 6 N–H and O–H groups in total. The van der Waals surface area contributed by atoms with Crippen LogP contribution in [0, 0.1) is 36.3 Å². The molecule has 0 radical (unpaired) electrons. The second-order valence-corrected chi connectivity index (χ2v) is 12.2. The normalized spacial score (nSPS) is 18.7. The second kappa shape index (κ2) is 12.0. The summed E-state index contributed by atoms with van der Waals surface area (Å²) in [7, 11) is 0. The zero-order chi connectivity index (χ0) is 32.0. The van der Waals surface area contributed by atoms with E-state index in [1.807, 2.05) is 6.92 Å². The number of hydrogen-bond donors (Lipinski definition) is 5. The molecule has 0 saturated carbocycles. The van der Waals surface area contributed by atoms with Gasteiger partial charge in [0, 0.05) is 54.1 Å². The molecule has 1 aromatic heterocycles. The lowest BCUT2D eigenvalue weighted by molar-refractivity contribution is -0.130.